The molecule has 0 amide bonds. The lowest BCUT2D eigenvalue weighted by Crippen LogP contribution is -1.84. The van der Waals surface area contributed by atoms with E-state index in [1.807, 2.05) is 12.2 Å². The SMILES string of the molecule is [CH2]OC=CC=CCCCCCCCCCCCCCCCCCCCC. The van der Waals surface area contributed by atoms with Gasteiger partial charge in [0.15, 0.2) is 0 Å². The second-order valence-corrected chi connectivity index (χ2v) is 7.72. The van der Waals surface area contributed by atoms with Gasteiger partial charge in [-0.3, -0.25) is 0 Å². The molecule has 1 radical (unpaired) electrons. The molecule has 0 aromatic rings. The fourth-order valence-electron chi connectivity index (χ4n) is 3.44. The first kappa shape index (κ1) is 25.3. The van der Waals surface area contributed by atoms with Gasteiger partial charge in [-0.15, -0.1) is 0 Å². The normalized spacial score (nSPS) is 11.8. The van der Waals surface area contributed by atoms with Crippen LogP contribution in [0.15, 0.2) is 24.5 Å². The Morgan fingerprint density at radius 3 is 1.31 bits per heavy atom. The lowest BCUT2D eigenvalue weighted by molar-refractivity contribution is 0.394. The van der Waals surface area contributed by atoms with Crippen molar-refractivity contribution in [3.05, 3.63) is 31.6 Å². The summed E-state index contributed by atoms with van der Waals surface area (Å²) in [5.41, 5.74) is 0. The molecule has 0 spiro atoms. The molecular weight excluding hydrogens is 316 g/mol. The van der Waals surface area contributed by atoms with Gasteiger partial charge in [0.05, 0.1) is 6.26 Å². The van der Waals surface area contributed by atoms with Crippen LogP contribution in [0.3, 0.4) is 0 Å². The standard InChI is InChI=1S/C25H47O/c1-3-4-5-6-7-8-9-10-11-12-13-14-15-16-17-18-19-20-21-22-23-24-25-26-2/h22-25H,2-21H2,1H3. The maximum atomic E-state index is 4.60. The van der Waals surface area contributed by atoms with Crippen LogP contribution in [0.4, 0.5) is 0 Å². The van der Waals surface area contributed by atoms with E-state index in [4.69, 9.17) is 0 Å². The molecule has 0 aromatic heterocycles. The zero-order valence-electron chi connectivity index (χ0n) is 17.9. The largest absolute Gasteiger partial charge is 0.498 e. The highest BCUT2D eigenvalue weighted by Gasteiger charge is 1.94. The van der Waals surface area contributed by atoms with Gasteiger partial charge in [-0.25, -0.2) is 0 Å². The van der Waals surface area contributed by atoms with E-state index in [9.17, 15) is 0 Å². The van der Waals surface area contributed by atoms with Crippen LogP contribution in [0.25, 0.3) is 0 Å². The van der Waals surface area contributed by atoms with E-state index in [0.717, 1.165) is 0 Å². The minimum atomic E-state index is 1.18. The summed E-state index contributed by atoms with van der Waals surface area (Å²) in [6, 6.07) is 0. The van der Waals surface area contributed by atoms with Crippen LogP contribution >= 0.6 is 0 Å². The van der Waals surface area contributed by atoms with Crippen LogP contribution in [0, 0.1) is 7.11 Å². The van der Waals surface area contributed by atoms with Gasteiger partial charge in [0.1, 0.15) is 7.11 Å². The number of allylic oxidation sites excluding steroid dienone is 3. The van der Waals surface area contributed by atoms with E-state index in [1.54, 1.807) is 6.26 Å². The van der Waals surface area contributed by atoms with E-state index in [2.05, 4.69) is 24.8 Å². The Morgan fingerprint density at radius 2 is 0.923 bits per heavy atom. The highest BCUT2D eigenvalue weighted by molar-refractivity contribution is 4.99. The smallest absolute Gasteiger partial charge is 0.121 e. The van der Waals surface area contributed by atoms with E-state index in [0.29, 0.717) is 0 Å². The highest BCUT2D eigenvalue weighted by Crippen LogP contribution is 2.14. The molecule has 0 aliphatic heterocycles. The van der Waals surface area contributed by atoms with Gasteiger partial charge in [-0.2, -0.15) is 0 Å². The predicted molar refractivity (Wildman–Crippen MR) is 118 cm³/mol. The molecule has 0 rings (SSSR count). The first-order valence-corrected chi connectivity index (χ1v) is 11.6. The Bertz CT molecular complexity index is 293. The summed E-state index contributed by atoms with van der Waals surface area (Å²) in [5, 5.41) is 0. The summed E-state index contributed by atoms with van der Waals surface area (Å²) in [6.45, 7) is 2.29. The molecule has 1 nitrogen and oxygen atoms in total. The first-order chi connectivity index (χ1) is 12.9. The molecule has 0 fully saturated rings. The zero-order chi connectivity index (χ0) is 19.0. The summed E-state index contributed by atoms with van der Waals surface area (Å²) in [4.78, 5) is 0. The van der Waals surface area contributed by atoms with Crippen molar-refractivity contribution in [2.75, 3.05) is 0 Å². The van der Waals surface area contributed by atoms with E-state index >= 15 is 0 Å². The highest BCUT2D eigenvalue weighted by atomic mass is 16.5. The third-order valence-electron chi connectivity index (χ3n) is 5.15. The van der Waals surface area contributed by atoms with Gasteiger partial charge in [0.2, 0.25) is 0 Å². The minimum Gasteiger partial charge on any atom is -0.498 e. The molecule has 153 valence electrons. The molecule has 1 heteroatoms. The Hall–Kier alpha value is -0.720. The van der Waals surface area contributed by atoms with Gasteiger partial charge in [0, 0.05) is 0 Å². The number of ether oxygens (including phenoxy) is 1. The van der Waals surface area contributed by atoms with Crippen LogP contribution in [0.5, 0.6) is 0 Å². The van der Waals surface area contributed by atoms with Gasteiger partial charge < -0.3 is 4.74 Å². The number of hydrogen-bond donors (Lipinski definition) is 0. The number of hydrogen-bond acceptors (Lipinski definition) is 1. The topological polar surface area (TPSA) is 9.23 Å². The van der Waals surface area contributed by atoms with Gasteiger partial charge in [-0.1, -0.05) is 128 Å². The molecule has 0 saturated carbocycles. The van der Waals surface area contributed by atoms with Crippen molar-refractivity contribution in [3.8, 4) is 0 Å². The van der Waals surface area contributed by atoms with Crippen LogP contribution in [-0.2, 0) is 4.74 Å². The third kappa shape index (κ3) is 23.3. The second-order valence-electron chi connectivity index (χ2n) is 7.72. The predicted octanol–water partition coefficient (Wildman–Crippen LogP) is 9.30. The van der Waals surface area contributed by atoms with Gasteiger partial charge in [-0.05, 0) is 18.9 Å². The molecule has 0 aromatic carbocycles. The molecule has 0 saturated heterocycles. The van der Waals surface area contributed by atoms with Crippen LogP contribution in [0.2, 0.25) is 0 Å². The molecule has 0 atom stereocenters. The molecule has 26 heavy (non-hydrogen) atoms. The Morgan fingerprint density at radius 1 is 0.538 bits per heavy atom. The quantitative estimate of drug-likeness (QED) is 0.112. The van der Waals surface area contributed by atoms with Crippen molar-refractivity contribution in [2.45, 2.75) is 129 Å². The second kappa shape index (κ2) is 24.3. The summed E-state index contributed by atoms with van der Waals surface area (Å²) in [5.74, 6) is 0. The third-order valence-corrected chi connectivity index (χ3v) is 5.15. The minimum absolute atomic E-state index is 1.18. The Labute approximate surface area is 165 Å². The van der Waals surface area contributed by atoms with E-state index in [-0.39, 0.29) is 0 Å². The summed E-state index contributed by atoms with van der Waals surface area (Å²) >= 11 is 0. The van der Waals surface area contributed by atoms with E-state index < -0.39 is 0 Å². The number of rotatable bonds is 21. The van der Waals surface area contributed by atoms with Crippen molar-refractivity contribution in [2.24, 2.45) is 0 Å². The van der Waals surface area contributed by atoms with Gasteiger partial charge in [0.25, 0.3) is 0 Å². The lowest BCUT2D eigenvalue weighted by atomic mass is 10.0. The molecule has 0 N–H and O–H groups in total. The average molecular weight is 364 g/mol. The maximum absolute atomic E-state index is 4.60. The molecule has 0 bridgehead atoms. The molecule has 0 aliphatic rings. The van der Waals surface area contributed by atoms with Gasteiger partial charge >= 0.3 is 0 Å². The number of unbranched alkanes of at least 4 members (excludes halogenated alkanes) is 18. The molecular formula is C25H47O. The lowest BCUT2D eigenvalue weighted by Gasteiger charge is -2.03. The summed E-state index contributed by atoms with van der Waals surface area (Å²) in [7, 11) is 3.29. The maximum Gasteiger partial charge on any atom is 0.121 e. The van der Waals surface area contributed by atoms with Crippen LogP contribution < -0.4 is 0 Å². The van der Waals surface area contributed by atoms with E-state index in [1.165, 1.54) is 122 Å². The molecule has 0 aliphatic carbocycles. The summed E-state index contributed by atoms with van der Waals surface area (Å²) < 4.78 is 4.60. The Balaban J connectivity index is 3.03. The monoisotopic (exact) mass is 363 g/mol. The van der Waals surface area contributed by atoms with Crippen LogP contribution in [0.1, 0.15) is 129 Å². The first-order valence-electron chi connectivity index (χ1n) is 11.6. The van der Waals surface area contributed by atoms with Crippen molar-refractivity contribution in [1.29, 1.82) is 0 Å². The van der Waals surface area contributed by atoms with Crippen LogP contribution in [-0.4, -0.2) is 0 Å². The Kier molecular flexibility index (Phi) is 23.6. The average Bonchev–Trinajstić information content (AvgIpc) is 2.66. The van der Waals surface area contributed by atoms with Crippen molar-refractivity contribution in [1.82, 2.24) is 0 Å². The van der Waals surface area contributed by atoms with Crippen molar-refractivity contribution in [3.63, 3.8) is 0 Å². The molecule has 0 heterocycles. The van der Waals surface area contributed by atoms with Crippen molar-refractivity contribution >= 4 is 0 Å². The summed E-state index contributed by atoms with van der Waals surface area (Å²) in [6.07, 6.45) is 34.8. The van der Waals surface area contributed by atoms with Crippen molar-refractivity contribution < 1.29 is 4.74 Å². The zero-order valence-corrected chi connectivity index (χ0v) is 17.9. The molecule has 0 unspecified atom stereocenters. The fourth-order valence-corrected chi connectivity index (χ4v) is 3.44. The fraction of sp³-hybridized carbons (Fsp3) is 0.800.